The lowest BCUT2D eigenvalue weighted by Gasteiger charge is -2.27. The van der Waals surface area contributed by atoms with Crippen LogP contribution in [0.4, 0.5) is 0 Å². The molecule has 2 rings (SSSR count). The quantitative estimate of drug-likeness (QED) is 0.655. The number of hydrogen-bond acceptors (Lipinski definition) is 2. The largest absolute Gasteiger partial charge is 0.251 e. The molecule has 0 saturated carbocycles. The van der Waals surface area contributed by atoms with E-state index >= 15 is 0 Å². The number of hydrogen-bond donors (Lipinski definition) is 1. The third-order valence-corrected chi connectivity index (χ3v) is 3.15. The van der Waals surface area contributed by atoms with Gasteiger partial charge in [0, 0.05) is 5.02 Å². The third-order valence-electron chi connectivity index (χ3n) is 2.90. The molecular formula is C14H13ClO2. The van der Waals surface area contributed by atoms with Gasteiger partial charge in [-0.25, -0.2) is 4.89 Å². The summed E-state index contributed by atoms with van der Waals surface area (Å²) in [5.74, 6) is 0. The van der Waals surface area contributed by atoms with Crippen molar-refractivity contribution >= 4 is 11.6 Å². The van der Waals surface area contributed by atoms with E-state index in [0.29, 0.717) is 5.02 Å². The van der Waals surface area contributed by atoms with Gasteiger partial charge in [0.1, 0.15) is 0 Å². The fourth-order valence-electron chi connectivity index (χ4n) is 1.80. The lowest BCUT2D eigenvalue weighted by Crippen LogP contribution is -2.26. The average Bonchev–Trinajstić information content (AvgIpc) is 2.40. The summed E-state index contributed by atoms with van der Waals surface area (Å²) in [6.45, 7) is 1.81. The van der Waals surface area contributed by atoms with Gasteiger partial charge < -0.3 is 0 Å². The maximum atomic E-state index is 9.23. The molecule has 0 spiro atoms. The number of halogens is 1. The molecule has 1 atom stereocenters. The van der Waals surface area contributed by atoms with Gasteiger partial charge in [-0.15, -0.1) is 0 Å². The normalized spacial score (nSPS) is 14.3. The molecule has 2 aromatic rings. The van der Waals surface area contributed by atoms with Gasteiger partial charge in [-0.3, -0.25) is 5.26 Å². The second-order valence-electron chi connectivity index (χ2n) is 4.00. The van der Waals surface area contributed by atoms with Crippen LogP contribution in [-0.4, -0.2) is 5.26 Å². The molecule has 1 N–H and O–H groups in total. The summed E-state index contributed by atoms with van der Waals surface area (Å²) in [5.41, 5.74) is 0.840. The molecule has 88 valence electrons. The zero-order chi connectivity index (χ0) is 12.3. The highest BCUT2D eigenvalue weighted by Crippen LogP contribution is 2.32. The minimum atomic E-state index is -0.883. The summed E-state index contributed by atoms with van der Waals surface area (Å²) in [6.07, 6.45) is 0. The second-order valence-corrected chi connectivity index (χ2v) is 4.43. The third kappa shape index (κ3) is 2.34. The van der Waals surface area contributed by atoms with E-state index in [2.05, 4.69) is 0 Å². The first kappa shape index (κ1) is 12.1. The fraction of sp³-hybridized carbons (Fsp3) is 0.143. The highest BCUT2D eigenvalue weighted by molar-refractivity contribution is 6.30. The van der Waals surface area contributed by atoms with Gasteiger partial charge in [0.2, 0.25) is 0 Å². The minimum Gasteiger partial charge on any atom is -0.251 e. The topological polar surface area (TPSA) is 29.5 Å². The molecule has 3 heteroatoms. The van der Waals surface area contributed by atoms with Crippen LogP contribution in [0.3, 0.4) is 0 Å². The van der Waals surface area contributed by atoms with Crippen molar-refractivity contribution in [3.63, 3.8) is 0 Å². The molecule has 0 aromatic heterocycles. The Morgan fingerprint density at radius 2 is 1.47 bits per heavy atom. The van der Waals surface area contributed by atoms with Crippen LogP contribution in [0.5, 0.6) is 0 Å². The van der Waals surface area contributed by atoms with Crippen molar-refractivity contribution in [3.05, 3.63) is 70.7 Å². The van der Waals surface area contributed by atoms with Crippen molar-refractivity contribution in [1.29, 1.82) is 0 Å². The lowest BCUT2D eigenvalue weighted by molar-refractivity contribution is -0.310. The van der Waals surface area contributed by atoms with Crippen LogP contribution in [0.1, 0.15) is 18.1 Å². The van der Waals surface area contributed by atoms with Gasteiger partial charge in [-0.05, 0) is 30.2 Å². The molecule has 0 aliphatic carbocycles. The lowest BCUT2D eigenvalue weighted by atomic mass is 9.88. The van der Waals surface area contributed by atoms with Crippen molar-refractivity contribution < 1.29 is 10.1 Å². The Labute approximate surface area is 105 Å². The predicted octanol–water partition coefficient (Wildman–Crippen LogP) is 4.09. The van der Waals surface area contributed by atoms with Crippen molar-refractivity contribution in [2.24, 2.45) is 0 Å². The molecule has 0 fully saturated rings. The monoisotopic (exact) mass is 248 g/mol. The smallest absolute Gasteiger partial charge is 0.150 e. The Kier molecular flexibility index (Phi) is 3.48. The molecule has 1 unspecified atom stereocenters. The maximum absolute atomic E-state index is 9.23. The summed E-state index contributed by atoms with van der Waals surface area (Å²) >= 11 is 5.85. The van der Waals surface area contributed by atoms with E-state index in [1.165, 1.54) is 0 Å². The zero-order valence-electron chi connectivity index (χ0n) is 9.43. The van der Waals surface area contributed by atoms with Crippen molar-refractivity contribution in [2.45, 2.75) is 12.5 Å². The van der Waals surface area contributed by atoms with Crippen LogP contribution in [0.25, 0.3) is 0 Å². The summed E-state index contributed by atoms with van der Waals surface area (Å²) in [6, 6.07) is 16.8. The van der Waals surface area contributed by atoms with Crippen LogP contribution in [0.2, 0.25) is 5.02 Å². The van der Waals surface area contributed by atoms with Crippen molar-refractivity contribution in [2.75, 3.05) is 0 Å². The van der Waals surface area contributed by atoms with Gasteiger partial charge in [0.05, 0.1) is 0 Å². The first-order chi connectivity index (χ1) is 8.16. The zero-order valence-corrected chi connectivity index (χ0v) is 10.2. The SMILES string of the molecule is CC(OO)(c1ccccc1)c1ccc(Cl)cc1. The molecule has 17 heavy (non-hydrogen) atoms. The first-order valence-corrected chi connectivity index (χ1v) is 5.69. The fourth-order valence-corrected chi connectivity index (χ4v) is 1.92. The van der Waals surface area contributed by atoms with Gasteiger partial charge in [-0.2, -0.15) is 0 Å². The van der Waals surface area contributed by atoms with E-state index in [-0.39, 0.29) is 0 Å². The maximum Gasteiger partial charge on any atom is 0.150 e. The van der Waals surface area contributed by atoms with Gasteiger partial charge in [0.15, 0.2) is 5.60 Å². The molecule has 0 aliphatic heterocycles. The Morgan fingerprint density at radius 3 is 2.00 bits per heavy atom. The summed E-state index contributed by atoms with van der Waals surface area (Å²) in [4.78, 5) is 4.71. The van der Waals surface area contributed by atoms with Crippen LogP contribution in [0.15, 0.2) is 54.6 Å². The van der Waals surface area contributed by atoms with E-state index in [4.69, 9.17) is 16.5 Å². The Balaban J connectivity index is 2.48. The van der Waals surface area contributed by atoms with E-state index in [1.54, 1.807) is 12.1 Å². The van der Waals surface area contributed by atoms with Gasteiger partial charge in [-0.1, -0.05) is 54.1 Å². The minimum absolute atomic E-state index is 0.655. The molecule has 0 heterocycles. The van der Waals surface area contributed by atoms with E-state index < -0.39 is 5.60 Å². The van der Waals surface area contributed by atoms with Gasteiger partial charge in [0.25, 0.3) is 0 Å². The van der Waals surface area contributed by atoms with E-state index in [9.17, 15) is 5.26 Å². The van der Waals surface area contributed by atoms with E-state index in [0.717, 1.165) is 11.1 Å². The molecule has 2 aromatic carbocycles. The van der Waals surface area contributed by atoms with E-state index in [1.807, 2.05) is 49.4 Å². The van der Waals surface area contributed by atoms with Gasteiger partial charge >= 0.3 is 0 Å². The Morgan fingerprint density at radius 1 is 0.941 bits per heavy atom. The summed E-state index contributed by atoms with van der Waals surface area (Å²) in [5, 5.41) is 9.88. The van der Waals surface area contributed by atoms with Crippen molar-refractivity contribution in [3.8, 4) is 0 Å². The molecular weight excluding hydrogens is 236 g/mol. The number of rotatable bonds is 3. The average molecular weight is 249 g/mol. The van der Waals surface area contributed by atoms with Crippen LogP contribution < -0.4 is 0 Å². The molecule has 0 radical (unpaired) electrons. The summed E-state index contributed by atoms with van der Waals surface area (Å²) < 4.78 is 0. The first-order valence-electron chi connectivity index (χ1n) is 5.31. The van der Waals surface area contributed by atoms with Crippen molar-refractivity contribution in [1.82, 2.24) is 0 Å². The molecule has 0 saturated heterocycles. The molecule has 0 bridgehead atoms. The van der Waals surface area contributed by atoms with Crippen LogP contribution in [-0.2, 0) is 10.5 Å². The molecule has 0 amide bonds. The Bertz CT molecular complexity index is 481. The standard InChI is InChI=1S/C14H13ClO2/c1-14(17-16,11-5-3-2-4-6-11)12-7-9-13(15)10-8-12/h2-10,16H,1H3. The summed E-state index contributed by atoms with van der Waals surface area (Å²) in [7, 11) is 0. The number of benzene rings is 2. The predicted molar refractivity (Wildman–Crippen MR) is 68.1 cm³/mol. The van der Waals surface area contributed by atoms with Crippen LogP contribution >= 0.6 is 11.6 Å². The highest BCUT2D eigenvalue weighted by Gasteiger charge is 2.30. The molecule has 2 nitrogen and oxygen atoms in total. The second kappa shape index (κ2) is 4.88. The highest BCUT2D eigenvalue weighted by atomic mass is 35.5. The molecule has 0 aliphatic rings. The van der Waals surface area contributed by atoms with Crippen LogP contribution in [0, 0.1) is 0 Å². The Hall–Kier alpha value is -1.35.